The molecule has 0 saturated carbocycles. The maximum atomic E-state index is 11.6. The van der Waals surface area contributed by atoms with Crippen molar-refractivity contribution in [2.45, 2.75) is 31.1 Å². The predicted octanol–water partition coefficient (Wildman–Crippen LogP) is 4.06. The van der Waals surface area contributed by atoms with Crippen molar-refractivity contribution in [1.29, 1.82) is 0 Å². The highest BCUT2D eigenvalue weighted by Crippen LogP contribution is 2.35. The lowest BCUT2D eigenvalue weighted by Crippen LogP contribution is -2.17. The van der Waals surface area contributed by atoms with E-state index in [4.69, 9.17) is 5.14 Å². The summed E-state index contributed by atoms with van der Waals surface area (Å²) in [5.74, 6) is 0. The summed E-state index contributed by atoms with van der Waals surface area (Å²) in [5, 5.41) is 5.24. The molecular formula is C16H18BrNO2S. The highest BCUT2D eigenvalue weighted by atomic mass is 79.9. The summed E-state index contributed by atoms with van der Waals surface area (Å²) in [6, 6.07) is 13.0. The maximum Gasteiger partial charge on any atom is 0.238 e. The Bertz CT molecular complexity index is 760. The van der Waals surface area contributed by atoms with Gasteiger partial charge in [-0.2, -0.15) is 0 Å². The van der Waals surface area contributed by atoms with Gasteiger partial charge in [0.05, 0.1) is 4.90 Å². The van der Waals surface area contributed by atoms with Crippen LogP contribution < -0.4 is 5.14 Å². The molecule has 0 heterocycles. The lowest BCUT2D eigenvalue weighted by molar-refractivity contribution is 0.585. The third-order valence-electron chi connectivity index (χ3n) is 3.28. The Kier molecular flexibility index (Phi) is 4.29. The minimum Gasteiger partial charge on any atom is -0.225 e. The smallest absolute Gasteiger partial charge is 0.225 e. The Labute approximate surface area is 134 Å². The van der Waals surface area contributed by atoms with E-state index < -0.39 is 10.0 Å². The lowest BCUT2D eigenvalue weighted by atomic mass is 9.82. The first-order valence-corrected chi connectivity index (χ1v) is 8.86. The second-order valence-corrected chi connectivity index (χ2v) is 8.49. The Hall–Kier alpha value is -1.17. The summed E-state index contributed by atoms with van der Waals surface area (Å²) in [7, 11) is -3.70. The van der Waals surface area contributed by atoms with Gasteiger partial charge in [0, 0.05) is 4.47 Å². The fraction of sp³-hybridized carbons (Fsp3) is 0.250. The second kappa shape index (κ2) is 5.55. The van der Waals surface area contributed by atoms with Crippen molar-refractivity contribution in [3.63, 3.8) is 0 Å². The van der Waals surface area contributed by atoms with Crippen molar-refractivity contribution < 1.29 is 8.42 Å². The van der Waals surface area contributed by atoms with Gasteiger partial charge >= 0.3 is 0 Å². The van der Waals surface area contributed by atoms with Crippen LogP contribution in [0.25, 0.3) is 11.1 Å². The number of hydrogen-bond donors (Lipinski definition) is 1. The van der Waals surface area contributed by atoms with Gasteiger partial charge in [-0.05, 0) is 46.4 Å². The van der Waals surface area contributed by atoms with Crippen LogP contribution in [-0.4, -0.2) is 8.42 Å². The number of hydrogen-bond acceptors (Lipinski definition) is 2. The number of sulfonamides is 1. The fourth-order valence-electron chi connectivity index (χ4n) is 2.20. The second-order valence-electron chi connectivity index (χ2n) is 6.01. The fourth-order valence-corrected chi connectivity index (χ4v) is 3.01. The van der Waals surface area contributed by atoms with E-state index >= 15 is 0 Å². The molecule has 112 valence electrons. The first-order chi connectivity index (χ1) is 9.59. The third kappa shape index (κ3) is 3.73. The van der Waals surface area contributed by atoms with Crippen molar-refractivity contribution in [3.8, 4) is 11.1 Å². The van der Waals surface area contributed by atoms with Crippen LogP contribution in [0.15, 0.2) is 51.8 Å². The molecule has 0 aliphatic carbocycles. The topological polar surface area (TPSA) is 60.2 Å². The summed E-state index contributed by atoms with van der Waals surface area (Å²) in [6.07, 6.45) is 0. The molecule has 2 N–H and O–H groups in total. The largest absolute Gasteiger partial charge is 0.238 e. The van der Waals surface area contributed by atoms with Crippen LogP contribution in [-0.2, 0) is 15.4 Å². The van der Waals surface area contributed by atoms with E-state index in [2.05, 4.69) is 36.7 Å². The average Bonchev–Trinajstić information content (AvgIpc) is 2.37. The molecule has 0 saturated heterocycles. The van der Waals surface area contributed by atoms with E-state index in [0.29, 0.717) is 0 Å². The molecule has 2 aromatic rings. The first-order valence-electron chi connectivity index (χ1n) is 6.52. The Morgan fingerprint density at radius 1 is 1.00 bits per heavy atom. The number of primary sulfonamides is 1. The normalized spacial score (nSPS) is 12.4. The van der Waals surface area contributed by atoms with Crippen LogP contribution in [0.5, 0.6) is 0 Å². The van der Waals surface area contributed by atoms with E-state index in [0.717, 1.165) is 21.2 Å². The zero-order valence-electron chi connectivity index (χ0n) is 12.2. The molecule has 21 heavy (non-hydrogen) atoms. The van der Waals surface area contributed by atoms with Crippen LogP contribution in [0.1, 0.15) is 26.3 Å². The molecule has 0 spiro atoms. The van der Waals surface area contributed by atoms with Crippen molar-refractivity contribution >= 4 is 26.0 Å². The van der Waals surface area contributed by atoms with Crippen LogP contribution >= 0.6 is 15.9 Å². The van der Waals surface area contributed by atoms with Crippen molar-refractivity contribution in [3.05, 3.63) is 52.5 Å². The minimum atomic E-state index is -3.70. The van der Waals surface area contributed by atoms with E-state index in [1.807, 2.05) is 30.3 Å². The summed E-state index contributed by atoms with van der Waals surface area (Å²) >= 11 is 3.42. The third-order valence-corrected chi connectivity index (χ3v) is 4.72. The van der Waals surface area contributed by atoms with Gasteiger partial charge in [0.15, 0.2) is 0 Å². The van der Waals surface area contributed by atoms with Crippen molar-refractivity contribution in [2.75, 3.05) is 0 Å². The highest BCUT2D eigenvalue weighted by molar-refractivity contribution is 9.10. The van der Waals surface area contributed by atoms with Gasteiger partial charge < -0.3 is 0 Å². The number of halogens is 1. The Balaban J connectivity index is 2.69. The minimum absolute atomic E-state index is 0.147. The van der Waals surface area contributed by atoms with Crippen LogP contribution in [0.3, 0.4) is 0 Å². The van der Waals surface area contributed by atoms with Gasteiger partial charge in [0.1, 0.15) is 0 Å². The van der Waals surface area contributed by atoms with Crippen LogP contribution in [0.4, 0.5) is 0 Å². The van der Waals surface area contributed by atoms with E-state index in [9.17, 15) is 8.42 Å². The maximum absolute atomic E-state index is 11.6. The lowest BCUT2D eigenvalue weighted by Gasteiger charge is -2.24. The molecule has 0 radical (unpaired) electrons. The zero-order valence-corrected chi connectivity index (χ0v) is 14.6. The monoisotopic (exact) mass is 367 g/mol. The van der Waals surface area contributed by atoms with Gasteiger partial charge in [-0.15, -0.1) is 0 Å². The summed E-state index contributed by atoms with van der Waals surface area (Å²) < 4.78 is 24.2. The molecule has 0 atom stereocenters. The number of nitrogens with two attached hydrogens (primary N) is 1. The van der Waals surface area contributed by atoms with Gasteiger partial charge in [-0.25, -0.2) is 13.6 Å². The molecule has 0 aliphatic heterocycles. The molecule has 0 aromatic heterocycles. The van der Waals surface area contributed by atoms with Gasteiger partial charge in [-0.1, -0.05) is 54.9 Å². The molecule has 3 nitrogen and oxygen atoms in total. The molecule has 0 aliphatic rings. The summed E-state index contributed by atoms with van der Waals surface area (Å²) in [6.45, 7) is 6.16. The quantitative estimate of drug-likeness (QED) is 0.869. The molecule has 5 heteroatoms. The molecule has 0 bridgehead atoms. The number of benzene rings is 2. The molecule has 0 amide bonds. The van der Waals surface area contributed by atoms with Gasteiger partial charge in [0.25, 0.3) is 0 Å². The van der Waals surface area contributed by atoms with Crippen LogP contribution in [0.2, 0.25) is 0 Å². The molecule has 0 fully saturated rings. The van der Waals surface area contributed by atoms with Crippen LogP contribution in [0, 0.1) is 0 Å². The molecular weight excluding hydrogens is 350 g/mol. The summed E-state index contributed by atoms with van der Waals surface area (Å²) in [4.78, 5) is 0.147. The van der Waals surface area contributed by atoms with E-state index in [1.54, 1.807) is 12.1 Å². The SMILES string of the molecule is CC(C)(C)c1cc(S(N)(=O)=O)ccc1-c1ccc(Br)cc1. The van der Waals surface area contributed by atoms with E-state index in [1.165, 1.54) is 0 Å². The summed E-state index contributed by atoms with van der Waals surface area (Å²) in [5.41, 5.74) is 2.83. The molecule has 0 unspecified atom stereocenters. The average molecular weight is 368 g/mol. The molecule has 2 aromatic carbocycles. The van der Waals surface area contributed by atoms with E-state index in [-0.39, 0.29) is 10.3 Å². The Morgan fingerprint density at radius 2 is 1.57 bits per heavy atom. The molecule has 2 rings (SSSR count). The first kappa shape index (κ1) is 16.2. The zero-order chi connectivity index (χ0) is 15.8. The van der Waals surface area contributed by atoms with Gasteiger partial charge in [-0.3, -0.25) is 0 Å². The van der Waals surface area contributed by atoms with Gasteiger partial charge in [0.2, 0.25) is 10.0 Å². The Morgan fingerprint density at radius 3 is 2.05 bits per heavy atom. The van der Waals surface area contributed by atoms with Crippen molar-refractivity contribution in [1.82, 2.24) is 0 Å². The number of rotatable bonds is 2. The highest BCUT2D eigenvalue weighted by Gasteiger charge is 2.21. The predicted molar refractivity (Wildman–Crippen MR) is 89.7 cm³/mol. The van der Waals surface area contributed by atoms with Crippen molar-refractivity contribution in [2.24, 2.45) is 5.14 Å². The standard InChI is InChI=1S/C16H18BrNO2S/c1-16(2,3)15-10-13(21(18,19)20)8-9-14(15)11-4-6-12(17)7-5-11/h4-10H,1-3H3,(H2,18,19,20).